The van der Waals surface area contributed by atoms with Gasteiger partial charge in [0, 0.05) is 0 Å². The topological polar surface area (TPSA) is 20.2 Å². The van der Waals surface area contributed by atoms with Crippen molar-refractivity contribution < 1.29 is 5.11 Å². The maximum absolute atomic E-state index is 10.0. The molecule has 0 aliphatic carbocycles. The highest BCUT2D eigenvalue weighted by atomic mass is 16.3. The van der Waals surface area contributed by atoms with Gasteiger partial charge in [-0.25, -0.2) is 0 Å². The molecule has 1 N–H and O–H groups in total. The second-order valence-electron chi connectivity index (χ2n) is 6.51. The van der Waals surface area contributed by atoms with Crippen LogP contribution in [0.2, 0.25) is 0 Å². The molecular formula is C20H34O. The lowest BCUT2D eigenvalue weighted by atomic mass is 10.0. The quantitative estimate of drug-likeness (QED) is 0.507. The molecule has 0 saturated carbocycles. The van der Waals surface area contributed by atoms with Crippen LogP contribution in [0, 0.1) is 0 Å². The van der Waals surface area contributed by atoms with Crippen LogP contribution >= 0.6 is 0 Å². The van der Waals surface area contributed by atoms with E-state index in [1.165, 1.54) is 22.3 Å². The van der Waals surface area contributed by atoms with Gasteiger partial charge in [-0.15, -0.1) is 0 Å². The monoisotopic (exact) mass is 290 g/mol. The number of aliphatic hydroxyl groups is 1. The van der Waals surface area contributed by atoms with E-state index < -0.39 is 0 Å². The highest BCUT2D eigenvalue weighted by Crippen LogP contribution is 2.12. The largest absolute Gasteiger partial charge is 0.389 e. The Hall–Kier alpha value is -1.08. The zero-order valence-electron chi connectivity index (χ0n) is 14.9. The number of aliphatic hydroxyl groups excluding tert-OH is 1. The van der Waals surface area contributed by atoms with Gasteiger partial charge in [0.05, 0.1) is 6.10 Å². The first-order chi connectivity index (χ1) is 9.81. The molecule has 0 aliphatic rings. The standard InChI is InChI=1S/C20H34O/c1-16(2)9-7-11-18(5)13-14-20(21)15-19(6)12-8-10-17(3)4/h9-10,13,15,20-21H,7-8,11-12,14H2,1-6H3/b18-13+,19-15-. The second-order valence-corrected chi connectivity index (χ2v) is 6.51. The first-order valence-electron chi connectivity index (χ1n) is 8.09. The van der Waals surface area contributed by atoms with E-state index in [2.05, 4.69) is 59.8 Å². The number of hydrogen-bond acceptors (Lipinski definition) is 1. The third-order valence-corrected chi connectivity index (χ3v) is 3.37. The molecule has 0 rings (SSSR count). The van der Waals surface area contributed by atoms with Crippen molar-refractivity contribution in [2.24, 2.45) is 0 Å². The fourth-order valence-corrected chi connectivity index (χ4v) is 2.08. The summed E-state index contributed by atoms with van der Waals surface area (Å²) in [5.74, 6) is 0. The molecule has 0 aromatic heterocycles. The highest BCUT2D eigenvalue weighted by molar-refractivity contribution is 5.08. The summed E-state index contributed by atoms with van der Waals surface area (Å²) in [6.07, 6.45) is 13.3. The van der Waals surface area contributed by atoms with E-state index in [1.807, 2.05) is 6.08 Å². The second kappa shape index (κ2) is 11.6. The molecule has 1 unspecified atom stereocenters. The van der Waals surface area contributed by atoms with E-state index in [-0.39, 0.29) is 6.10 Å². The zero-order chi connectivity index (χ0) is 16.3. The molecule has 1 nitrogen and oxygen atoms in total. The average Bonchev–Trinajstić information content (AvgIpc) is 2.35. The zero-order valence-corrected chi connectivity index (χ0v) is 14.9. The molecule has 21 heavy (non-hydrogen) atoms. The fourth-order valence-electron chi connectivity index (χ4n) is 2.08. The van der Waals surface area contributed by atoms with Gasteiger partial charge in [0.15, 0.2) is 0 Å². The van der Waals surface area contributed by atoms with Gasteiger partial charge in [0.1, 0.15) is 0 Å². The first-order valence-corrected chi connectivity index (χ1v) is 8.09. The summed E-state index contributed by atoms with van der Waals surface area (Å²) >= 11 is 0. The van der Waals surface area contributed by atoms with E-state index in [0.29, 0.717) is 0 Å². The molecule has 0 radical (unpaired) electrons. The normalized spacial score (nSPS) is 13.9. The maximum atomic E-state index is 10.0. The predicted octanol–water partition coefficient (Wildman–Crippen LogP) is 6.12. The first kappa shape index (κ1) is 19.9. The van der Waals surface area contributed by atoms with Crippen molar-refractivity contribution in [1.29, 1.82) is 0 Å². The summed E-state index contributed by atoms with van der Waals surface area (Å²) < 4.78 is 0. The Morgan fingerprint density at radius 3 is 1.71 bits per heavy atom. The third-order valence-electron chi connectivity index (χ3n) is 3.37. The van der Waals surface area contributed by atoms with Crippen LogP contribution in [0.5, 0.6) is 0 Å². The van der Waals surface area contributed by atoms with Gasteiger partial charge < -0.3 is 5.11 Å². The lowest BCUT2D eigenvalue weighted by molar-refractivity contribution is 0.225. The van der Waals surface area contributed by atoms with Crippen molar-refractivity contribution in [3.63, 3.8) is 0 Å². The summed E-state index contributed by atoms with van der Waals surface area (Å²) in [4.78, 5) is 0. The maximum Gasteiger partial charge on any atom is 0.0757 e. The lowest BCUT2D eigenvalue weighted by Crippen LogP contribution is -2.01. The summed E-state index contributed by atoms with van der Waals surface area (Å²) in [7, 11) is 0. The van der Waals surface area contributed by atoms with Crippen molar-refractivity contribution in [3.8, 4) is 0 Å². The molecular weight excluding hydrogens is 256 g/mol. The van der Waals surface area contributed by atoms with Crippen LogP contribution in [0.15, 0.2) is 46.6 Å². The van der Waals surface area contributed by atoms with Crippen LogP contribution in [0.3, 0.4) is 0 Å². The van der Waals surface area contributed by atoms with Crippen LogP contribution in [0.1, 0.15) is 73.6 Å². The Labute approximate surface area is 132 Å². The summed E-state index contributed by atoms with van der Waals surface area (Å²) in [6, 6.07) is 0. The van der Waals surface area contributed by atoms with E-state index in [9.17, 15) is 5.11 Å². The Morgan fingerprint density at radius 1 is 0.762 bits per heavy atom. The molecule has 0 saturated heterocycles. The van der Waals surface area contributed by atoms with E-state index in [1.54, 1.807) is 0 Å². The minimum atomic E-state index is -0.352. The number of allylic oxidation sites excluding steroid dienone is 6. The van der Waals surface area contributed by atoms with Crippen molar-refractivity contribution >= 4 is 0 Å². The van der Waals surface area contributed by atoms with Gasteiger partial charge >= 0.3 is 0 Å². The van der Waals surface area contributed by atoms with E-state index in [4.69, 9.17) is 0 Å². The molecule has 0 aliphatic heterocycles. The van der Waals surface area contributed by atoms with Crippen LogP contribution in [0.25, 0.3) is 0 Å². The molecule has 0 fully saturated rings. The average molecular weight is 290 g/mol. The molecule has 0 aromatic carbocycles. The predicted molar refractivity (Wildman–Crippen MR) is 95.5 cm³/mol. The van der Waals surface area contributed by atoms with E-state index >= 15 is 0 Å². The van der Waals surface area contributed by atoms with Crippen molar-refractivity contribution in [3.05, 3.63) is 46.6 Å². The van der Waals surface area contributed by atoms with Crippen molar-refractivity contribution in [1.82, 2.24) is 0 Å². The SMILES string of the molecule is CC(C)=CCC/C(C)=C\C(O)C/C=C(\C)CCC=C(C)C. The van der Waals surface area contributed by atoms with Crippen LogP contribution < -0.4 is 0 Å². The third kappa shape index (κ3) is 13.7. The molecule has 0 spiro atoms. The van der Waals surface area contributed by atoms with Gasteiger partial charge in [-0.3, -0.25) is 0 Å². The van der Waals surface area contributed by atoms with Crippen molar-refractivity contribution in [2.45, 2.75) is 79.8 Å². The summed E-state index contributed by atoms with van der Waals surface area (Å²) in [6.45, 7) is 12.8. The lowest BCUT2D eigenvalue weighted by Gasteiger charge is -2.06. The van der Waals surface area contributed by atoms with Gasteiger partial charge in [0.25, 0.3) is 0 Å². The molecule has 0 amide bonds. The van der Waals surface area contributed by atoms with E-state index in [0.717, 1.165) is 32.1 Å². The molecule has 0 bridgehead atoms. The van der Waals surface area contributed by atoms with Gasteiger partial charge in [-0.1, -0.05) is 46.6 Å². The van der Waals surface area contributed by atoms with Crippen molar-refractivity contribution in [2.75, 3.05) is 0 Å². The molecule has 0 heterocycles. The fraction of sp³-hybridized carbons (Fsp3) is 0.600. The van der Waals surface area contributed by atoms with Gasteiger partial charge in [-0.05, 0) is 73.6 Å². The van der Waals surface area contributed by atoms with Crippen LogP contribution in [-0.2, 0) is 0 Å². The van der Waals surface area contributed by atoms with Crippen LogP contribution in [0.4, 0.5) is 0 Å². The smallest absolute Gasteiger partial charge is 0.0757 e. The number of hydrogen-bond donors (Lipinski definition) is 1. The highest BCUT2D eigenvalue weighted by Gasteiger charge is 1.99. The van der Waals surface area contributed by atoms with Gasteiger partial charge in [-0.2, -0.15) is 0 Å². The minimum Gasteiger partial charge on any atom is -0.389 e. The Balaban J connectivity index is 4.14. The molecule has 0 aromatic rings. The Morgan fingerprint density at radius 2 is 1.24 bits per heavy atom. The van der Waals surface area contributed by atoms with Gasteiger partial charge in [0.2, 0.25) is 0 Å². The molecule has 1 heteroatoms. The minimum absolute atomic E-state index is 0.352. The van der Waals surface area contributed by atoms with Crippen LogP contribution in [-0.4, -0.2) is 11.2 Å². The molecule has 1 atom stereocenters. The summed E-state index contributed by atoms with van der Waals surface area (Å²) in [5.41, 5.74) is 5.37. The summed E-state index contributed by atoms with van der Waals surface area (Å²) in [5, 5.41) is 10.0. The number of rotatable bonds is 9. The molecule has 120 valence electrons. The Bertz CT molecular complexity index is 400. The Kier molecular flexibility index (Phi) is 11.0.